The second kappa shape index (κ2) is 28.2. The molecular formula is C66H65N15O12S2. The van der Waals surface area contributed by atoms with Gasteiger partial charge in [0.25, 0.3) is 5.91 Å². The fraction of sp³-hybridized carbons (Fsp3) is 0.227. The molecule has 95 heavy (non-hydrogen) atoms. The molecule has 8 aromatic rings. The molecule has 0 fully saturated rings. The van der Waals surface area contributed by atoms with Crippen LogP contribution in [0.25, 0.3) is 10.9 Å². The number of benzene rings is 6. The monoisotopic (exact) mass is 1320 g/mol. The van der Waals surface area contributed by atoms with E-state index in [1.165, 1.54) is 55.8 Å². The SMILES string of the molecule is C[C@@H]1NC(=O)c2cc(NC(=S)Nc3ccc4c(c3)C(=O)OC43c4ccc(O)cc4Oc4cc(O)ccc43)ccc2SC[C@@H](C(N)=O)NC(=O)[C@H](Cc2c[nH]c3ccccc23)NC(=O)[C@H](CCCNC(=N)N)NC(=O)[C@@H](Cc2ccccc2)NC(=O)[C@H](Cc2c[nH]cn2)NC1=O. The molecule has 1 spiro atoms. The Morgan fingerprint density at radius 2 is 1.28 bits per heavy atom. The molecule has 11 rings (SSSR count). The number of aromatic amines is 2. The molecule has 3 aliphatic rings. The van der Waals surface area contributed by atoms with Crippen LogP contribution in [0.2, 0.25) is 0 Å². The minimum Gasteiger partial charge on any atom is -0.508 e. The van der Waals surface area contributed by atoms with Crippen molar-refractivity contribution in [3.63, 3.8) is 0 Å². The van der Waals surface area contributed by atoms with Crippen LogP contribution in [0.15, 0.2) is 151 Å². The number of imidazole rings is 1. The Morgan fingerprint density at radius 1 is 0.684 bits per heavy atom. The lowest BCUT2D eigenvalue weighted by Gasteiger charge is -2.36. The van der Waals surface area contributed by atoms with E-state index in [1.807, 2.05) is 18.2 Å². The predicted octanol–water partition coefficient (Wildman–Crippen LogP) is 3.80. The molecular weight excluding hydrogens is 1260 g/mol. The van der Waals surface area contributed by atoms with Gasteiger partial charge in [0, 0.05) is 100.0 Å². The number of ether oxygens (including phenoxy) is 2. The topological polar surface area (TPSA) is 424 Å². The van der Waals surface area contributed by atoms with Gasteiger partial charge >= 0.3 is 5.97 Å². The molecule has 0 radical (unpaired) electrons. The maximum Gasteiger partial charge on any atom is 0.340 e. The average molecular weight is 1320 g/mol. The molecule has 0 saturated carbocycles. The number of anilines is 2. The number of nitrogens with zero attached hydrogens (tertiary/aromatic N) is 1. The molecule has 18 N–H and O–H groups in total. The van der Waals surface area contributed by atoms with Crippen molar-refractivity contribution in [2.45, 2.75) is 85.8 Å². The number of aromatic hydroxyl groups is 2. The number of nitrogens with one attached hydrogen (secondary N) is 12. The number of hydrogen-bond donors (Lipinski definition) is 16. The van der Waals surface area contributed by atoms with E-state index in [2.05, 4.69) is 62.8 Å². The number of phenols is 2. The highest BCUT2D eigenvalue weighted by Crippen LogP contribution is 2.57. The number of thiocarbonyl (C=S) groups is 1. The van der Waals surface area contributed by atoms with Gasteiger partial charge in [-0.2, -0.15) is 0 Å². The lowest BCUT2D eigenvalue weighted by Crippen LogP contribution is -2.60. The lowest BCUT2D eigenvalue weighted by atomic mass is 9.77. The summed E-state index contributed by atoms with van der Waals surface area (Å²) < 4.78 is 12.3. The number of aromatic nitrogens is 3. The van der Waals surface area contributed by atoms with E-state index >= 15 is 0 Å². The Kier molecular flexibility index (Phi) is 19.3. The van der Waals surface area contributed by atoms with E-state index in [4.69, 9.17) is 38.6 Å². The van der Waals surface area contributed by atoms with Crippen molar-refractivity contribution in [3.8, 4) is 23.0 Å². The molecule has 0 unspecified atom stereocenters. The van der Waals surface area contributed by atoms with Gasteiger partial charge in [-0.1, -0.05) is 54.6 Å². The third-order valence-corrected chi connectivity index (χ3v) is 17.6. The lowest BCUT2D eigenvalue weighted by molar-refractivity contribution is -0.135. The number of fused-ring (bicyclic) bond motifs is 8. The minimum absolute atomic E-state index is 0.00952. The number of nitrogens with two attached hydrogens (primary N) is 2. The summed E-state index contributed by atoms with van der Waals surface area (Å²) in [4.78, 5) is 126. The maximum atomic E-state index is 14.8. The number of para-hydroxylation sites is 1. The quantitative estimate of drug-likeness (QED) is 0.0256. The van der Waals surface area contributed by atoms with Crippen molar-refractivity contribution in [1.82, 2.24) is 52.2 Å². The number of primary amides is 1. The first-order chi connectivity index (χ1) is 45.7. The first kappa shape index (κ1) is 65.0. The summed E-state index contributed by atoms with van der Waals surface area (Å²) in [6.45, 7) is 1.50. The number of esters is 1. The third kappa shape index (κ3) is 14.7. The van der Waals surface area contributed by atoms with Crippen molar-refractivity contribution in [3.05, 3.63) is 191 Å². The summed E-state index contributed by atoms with van der Waals surface area (Å²) in [7, 11) is 0. The molecule has 6 atom stereocenters. The van der Waals surface area contributed by atoms with Crippen LogP contribution in [0, 0.1) is 5.41 Å². The maximum absolute atomic E-state index is 14.8. The summed E-state index contributed by atoms with van der Waals surface area (Å²) >= 11 is 6.74. The predicted molar refractivity (Wildman–Crippen MR) is 354 cm³/mol. The Labute approximate surface area is 551 Å². The number of guanidine groups is 1. The standard InChI is InChI=1S/C66H65N15O12S2/c1-33-57(85)78-51(26-38-30-70-32-73-38)62(90)79-49(22-34-8-3-2-4-9-34)60(88)77-48(12-7-21-71-64(68)69)59(87)80-50(23-35-29-72-47-11-6-5-10-41(35)47)61(89)81-52(56(67)84)31-95-55-20-14-37(25-43(55)58(86)74-33)76-65(94)75-36-13-17-44-42(24-36)63(91)93-66(44)45-18-15-39(82)27-53(45)92-54-28-40(83)16-19-46(54)66/h2-6,8-11,13-20,24-25,27-30,32-33,48-52,72,82-83H,7,12,21-23,26,31H2,1H3,(H2,67,84)(H,70,73)(H,74,86)(H,77,88)(H,78,85)(H,79,90)(H,80,87)(H,81,89)(H4,68,69,71)(H2,75,76,94)/t33-,48-,49+,50-,51-,52-/m0/s1. The van der Waals surface area contributed by atoms with Crippen LogP contribution in [0.3, 0.4) is 0 Å². The summed E-state index contributed by atoms with van der Waals surface area (Å²) in [5, 5.41) is 54.5. The van der Waals surface area contributed by atoms with Crippen molar-refractivity contribution in [2.24, 2.45) is 11.5 Å². The Morgan fingerprint density at radius 3 is 1.96 bits per heavy atom. The second-order valence-corrected chi connectivity index (χ2v) is 24.3. The number of carbonyl (C=O) groups is 8. The van der Waals surface area contributed by atoms with E-state index in [0.717, 1.165) is 22.7 Å². The Hall–Kier alpha value is -11.5. The van der Waals surface area contributed by atoms with Crippen molar-refractivity contribution in [2.75, 3.05) is 22.9 Å². The summed E-state index contributed by atoms with van der Waals surface area (Å²) in [5.74, 6) is -7.00. The van der Waals surface area contributed by atoms with Crippen LogP contribution in [-0.2, 0) is 58.4 Å². The van der Waals surface area contributed by atoms with E-state index < -0.39 is 89.2 Å². The fourth-order valence-electron chi connectivity index (χ4n) is 11.5. The van der Waals surface area contributed by atoms with Gasteiger partial charge in [0.1, 0.15) is 59.2 Å². The van der Waals surface area contributed by atoms with Gasteiger partial charge in [0.15, 0.2) is 16.7 Å². The molecule has 488 valence electrons. The summed E-state index contributed by atoms with van der Waals surface area (Å²) in [5.41, 5.74) is 14.4. The molecule has 6 aromatic carbocycles. The molecule has 2 aromatic heterocycles. The zero-order chi connectivity index (χ0) is 67.1. The summed E-state index contributed by atoms with van der Waals surface area (Å²) in [6.07, 6.45) is 4.27. The van der Waals surface area contributed by atoms with Gasteiger partial charge in [-0.15, -0.1) is 11.8 Å². The highest BCUT2D eigenvalue weighted by Gasteiger charge is 2.54. The van der Waals surface area contributed by atoms with E-state index in [1.54, 1.807) is 79.0 Å². The van der Waals surface area contributed by atoms with Crippen molar-refractivity contribution < 1.29 is 58.0 Å². The van der Waals surface area contributed by atoms with E-state index in [-0.39, 0.29) is 100 Å². The summed E-state index contributed by atoms with van der Waals surface area (Å²) in [6, 6.07) is 25.9. The van der Waals surface area contributed by atoms with Crippen LogP contribution in [0.1, 0.15) is 74.0 Å². The van der Waals surface area contributed by atoms with Crippen LogP contribution in [-0.4, -0.2) is 132 Å². The zero-order valence-electron chi connectivity index (χ0n) is 50.7. The average Bonchev–Trinajstić information content (AvgIpc) is 1.64. The molecule has 0 aliphatic carbocycles. The Balaban J connectivity index is 0.910. The van der Waals surface area contributed by atoms with Gasteiger partial charge in [-0.25, -0.2) is 9.78 Å². The smallest absolute Gasteiger partial charge is 0.340 e. The molecule has 29 heteroatoms. The molecule has 0 saturated heterocycles. The van der Waals surface area contributed by atoms with E-state index in [9.17, 15) is 48.6 Å². The molecule has 3 aliphatic heterocycles. The van der Waals surface area contributed by atoms with Gasteiger partial charge in [-0.05, 0) is 104 Å². The van der Waals surface area contributed by atoms with Gasteiger partial charge in [0.2, 0.25) is 35.4 Å². The minimum atomic E-state index is -1.53. The van der Waals surface area contributed by atoms with Gasteiger partial charge in [0.05, 0.1) is 23.1 Å². The van der Waals surface area contributed by atoms with Gasteiger partial charge < -0.3 is 89.0 Å². The Bertz CT molecular complexity index is 4290. The fourth-order valence-corrected chi connectivity index (χ4v) is 12.8. The number of rotatable bonds is 13. The third-order valence-electron chi connectivity index (χ3n) is 16.2. The second-order valence-electron chi connectivity index (χ2n) is 22.8. The molecule has 7 amide bonds. The molecule has 0 bridgehead atoms. The number of carbonyl (C=O) groups excluding carboxylic acids is 8. The largest absolute Gasteiger partial charge is 0.508 e. The number of phenolic OH excluding ortho intramolecular Hbond substituents is 2. The van der Waals surface area contributed by atoms with Crippen molar-refractivity contribution >= 4 is 105 Å². The van der Waals surface area contributed by atoms with E-state index in [0.29, 0.717) is 39.2 Å². The van der Waals surface area contributed by atoms with Crippen LogP contribution >= 0.6 is 24.0 Å². The molecule has 5 heterocycles. The number of amides is 7. The van der Waals surface area contributed by atoms with Crippen molar-refractivity contribution in [1.29, 1.82) is 5.41 Å². The van der Waals surface area contributed by atoms with Crippen LogP contribution in [0.4, 0.5) is 11.4 Å². The number of H-pyrrole nitrogens is 2. The number of hydrogen-bond acceptors (Lipinski definition) is 16. The van der Waals surface area contributed by atoms with Crippen LogP contribution < -0.4 is 64.1 Å². The van der Waals surface area contributed by atoms with Gasteiger partial charge in [-0.3, -0.25) is 39.0 Å². The highest BCUT2D eigenvalue weighted by molar-refractivity contribution is 7.99. The first-order valence-electron chi connectivity index (χ1n) is 30.0. The molecule has 27 nitrogen and oxygen atoms in total. The first-order valence-corrected chi connectivity index (χ1v) is 31.4. The normalized spacial score (nSPS) is 19.7. The number of thioether (sulfide) groups is 1. The van der Waals surface area contributed by atoms with Crippen LogP contribution in [0.5, 0.6) is 23.0 Å². The zero-order valence-corrected chi connectivity index (χ0v) is 52.3. The highest BCUT2D eigenvalue weighted by atomic mass is 32.2.